The van der Waals surface area contributed by atoms with Gasteiger partial charge in [0, 0.05) is 39.0 Å². The predicted octanol–water partition coefficient (Wildman–Crippen LogP) is 1.25. The number of nitrogens with one attached hydrogen (secondary N) is 2. The Morgan fingerprint density at radius 1 is 1.40 bits per heavy atom. The van der Waals surface area contributed by atoms with E-state index in [2.05, 4.69) is 40.8 Å². The molecule has 110 valence electrons. The molecule has 1 aliphatic rings. The third-order valence-electron chi connectivity index (χ3n) is 3.57. The van der Waals surface area contributed by atoms with Crippen LogP contribution < -0.4 is 15.5 Å². The summed E-state index contributed by atoms with van der Waals surface area (Å²) in [7, 11) is 2.12. The number of aliphatic hydroxyl groups is 1. The number of anilines is 1. The summed E-state index contributed by atoms with van der Waals surface area (Å²) in [5.74, 6) is 0. The molecule has 0 saturated heterocycles. The maximum absolute atomic E-state index is 11.5. The van der Waals surface area contributed by atoms with E-state index in [1.54, 1.807) is 0 Å². The number of carbonyl (C=O) groups is 1. The molecule has 3 N–H and O–H groups in total. The number of nitrogens with zero attached hydrogens (tertiary/aromatic N) is 1. The molecule has 0 atom stereocenters. The molecule has 20 heavy (non-hydrogen) atoms. The van der Waals surface area contributed by atoms with Crippen molar-refractivity contribution in [3.05, 3.63) is 29.3 Å². The average Bonchev–Trinajstić information content (AvgIpc) is 2.45. The van der Waals surface area contributed by atoms with Crippen molar-refractivity contribution in [3.8, 4) is 0 Å². The van der Waals surface area contributed by atoms with Crippen LogP contribution in [-0.4, -0.2) is 37.9 Å². The van der Waals surface area contributed by atoms with Gasteiger partial charge in [0.25, 0.3) is 0 Å². The molecule has 1 heterocycles. The van der Waals surface area contributed by atoms with Crippen LogP contribution in [0.3, 0.4) is 0 Å². The number of urea groups is 1. The number of rotatable bonds is 5. The zero-order valence-electron chi connectivity index (χ0n) is 12.0. The van der Waals surface area contributed by atoms with Gasteiger partial charge in [-0.3, -0.25) is 0 Å². The predicted molar refractivity (Wildman–Crippen MR) is 80.0 cm³/mol. The van der Waals surface area contributed by atoms with Crippen LogP contribution in [0.15, 0.2) is 18.2 Å². The lowest BCUT2D eigenvalue weighted by Crippen LogP contribution is -2.35. The van der Waals surface area contributed by atoms with E-state index in [0.717, 1.165) is 18.5 Å². The van der Waals surface area contributed by atoms with Crippen molar-refractivity contribution in [1.29, 1.82) is 0 Å². The Hall–Kier alpha value is -1.75. The average molecular weight is 277 g/mol. The van der Waals surface area contributed by atoms with Crippen molar-refractivity contribution < 1.29 is 9.90 Å². The van der Waals surface area contributed by atoms with Gasteiger partial charge in [0.05, 0.1) is 0 Å². The standard InChI is InChI=1S/C15H23N3O2/c1-18-8-2-4-13-10-12(5-6-14(13)18)11-17-15(20)16-7-3-9-19/h5-6,10,19H,2-4,7-9,11H2,1H3,(H2,16,17,20). The van der Waals surface area contributed by atoms with Gasteiger partial charge in [-0.1, -0.05) is 12.1 Å². The number of carbonyl (C=O) groups excluding carboxylic acids is 1. The van der Waals surface area contributed by atoms with Crippen molar-refractivity contribution in [2.75, 3.05) is 31.6 Å². The number of benzene rings is 1. The van der Waals surface area contributed by atoms with Crippen LogP contribution in [0.4, 0.5) is 10.5 Å². The van der Waals surface area contributed by atoms with E-state index in [9.17, 15) is 4.79 Å². The first-order valence-electron chi connectivity index (χ1n) is 7.16. The van der Waals surface area contributed by atoms with E-state index in [0.29, 0.717) is 19.5 Å². The van der Waals surface area contributed by atoms with E-state index >= 15 is 0 Å². The minimum Gasteiger partial charge on any atom is -0.396 e. The second-order valence-corrected chi connectivity index (χ2v) is 5.17. The van der Waals surface area contributed by atoms with Gasteiger partial charge in [-0.2, -0.15) is 0 Å². The highest BCUT2D eigenvalue weighted by atomic mass is 16.3. The minimum atomic E-state index is -0.187. The Morgan fingerprint density at radius 2 is 2.25 bits per heavy atom. The number of hydrogen-bond acceptors (Lipinski definition) is 3. The van der Waals surface area contributed by atoms with Gasteiger partial charge in [0.2, 0.25) is 0 Å². The molecule has 0 saturated carbocycles. The molecule has 0 unspecified atom stereocenters. The molecule has 0 spiro atoms. The summed E-state index contributed by atoms with van der Waals surface area (Å²) in [6, 6.07) is 6.19. The number of aliphatic hydroxyl groups excluding tert-OH is 1. The summed E-state index contributed by atoms with van der Waals surface area (Å²) in [4.78, 5) is 13.8. The number of amides is 2. The van der Waals surface area contributed by atoms with E-state index in [-0.39, 0.29) is 12.6 Å². The Morgan fingerprint density at radius 3 is 3.05 bits per heavy atom. The highest BCUT2D eigenvalue weighted by Gasteiger charge is 2.13. The maximum Gasteiger partial charge on any atom is 0.315 e. The quantitative estimate of drug-likeness (QED) is 0.710. The van der Waals surface area contributed by atoms with Crippen molar-refractivity contribution >= 4 is 11.7 Å². The zero-order valence-corrected chi connectivity index (χ0v) is 12.0. The maximum atomic E-state index is 11.5. The van der Waals surface area contributed by atoms with Gasteiger partial charge in [-0.15, -0.1) is 0 Å². The molecule has 0 fully saturated rings. The first-order chi connectivity index (χ1) is 9.70. The highest BCUT2D eigenvalue weighted by molar-refractivity contribution is 5.73. The van der Waals surface area contributed by atoms with E-state index in [4.69, 9.17) is 5.11 Å². The van der Waals surface area contributed by atoms with Crippen LogP contribution in [0.1, 0.15) is 24.0 Å². The van der Waals surface area contributed by atoms with Crippen molar-refractivity contribution in [1.82, 2.24) is 10.6 Å². The summed E-state index contributed by atoms with van der Waals surface area (Å²) in [6.45, 7) is 2.23. The third-order valence-corrected chi connectivity index (χ3v) is 3.57. The van der Waals surface area contributed by atoms with Crippen LogP contribution in [0.25, 0.3) is 0 Å². The van der Waals surface area contributed by atoms with Gasteiger partial charge in [0.15, 0.2) is 0 Å². The van der Waals surface area contributed by atoms with Crippen LogP contribution >= 0.6 is 0 Å². The van der Waals surface area contributed by atoms with Crippen LogP contribution in [-0.2, 0) is 13.0 Å². The molecular formula is C15H23N3O2. The Kier molecular flexibility index (Phi) is 5.24. The number of fused-ring (bicyclic) bond motifs is 1. The SMILES string of the molecule is CN1CCCc2cc(CNC(=O)NCCCO)ccc21. The second-order valence-electron chi connectivity index (χ2n) is 5.17. The van der Waals surface area contributed by atoms with Crippen molar-refractivity contribution in [3.63, 3.8) is 0 Å². The van der Waals surface area contributed by atoms with Crippen LogP contribution in [0.2, 0.25) is 0 Å². The molecular weight excluding hydrogens is 254 g/mol. The minimum absolute atomic E-state index is 0.0959. The summed E-state index contributed by atoms with van der Waals surface area (Å²) in [6.07, 6.45) is 2.87. The monoisotopic (exact) mass is 277 g/mol. The van der Waals surface area contributed by atoms with Crippen LogP contribution in [0.5, 0.6) is 0 Å². The third kappa shape index (κ3) is 3.87. The zero-order chi connectivity index (χ0) is 14.4. The van der Waals surface area contributed by atoms with E-state index in [1.165, 1.54) is 17.7 Å². The van der Waals surface area contributed by atoms with Gasteiger partial charge < -0.3 is 20.6 Å². The Labute approximate surface area is 120 Å². The highest BCUT2D eigenvalue weighted by Crippen LogP contribution is 2.26. The van der Waals surface area contributed by atoms with Crippen molar-refractivity contribution in [2.45, 2.75) is 25.8 Å². The van der Waals surface area contributed by atoms with Gasteiger partial charge in [-0.05, 0) is 36.5 Å². The molecule has 0 bridgehead atoms. The first kappa shape index (κ1) is 14.7. The van der Waals surface area contributed by atoms with Crippen molar-refractivity contribution in [2.24, 2.45) is 0 Å². The molecule has 1 aromatic rings. The summed E-state index contributed by atoms with van der Waals surface area (Å²) in [5.41, 5.74) is 3.78. The number of hydrogen-bond donors (Lipinski definition) is 3. The molecule has 1 aliphatic heterocycles. The Bertz CT molecular complexity index is 462. The lowest BCUT2D eigenvalue weighted by molar-refractivity contribution is 0.237. The van der Waals surface area contributed by atoms with Gasteiger partial charge in [-0.25, -0.2) is 4.79 Å². The fourth-order valence-corrected chi connectivity index (χ4v) is 2.47. The normalized spacial score (nSPS) is 13.8. The second kappa shape index (κ2) is 7.14. The molecule has 1 aromatic carbocycles. The summed E-state index contributed by atoms with van der Waals surface area (Å²) < 4.78 is 0. The summed E-state index contributed by atoms with van der Waals surface area (Å²) >= 11 is 0. The molecule has 2 amide bonds. The molecule has 5 nitrogen and oxygen atoms in total. The van der Waals surface area contributed by atoms with Crippen LogP contribution in [0, 0.1) is 0 Å². The lowest BCUT2D eigenvalue weighted by Gasteiger charge is -2.27. The van der Waals surface area contributed by atoms with E-state index < -0.39 is 0 Å². The smallest absolute Gasteiger partial charge is 0.315 e. The van der Waals surface area contributed by atoms with E-state index in [1.807, 2.05) is 0 Å². The van der Waals surface area contributed by atoms with Gasteiger partial charge in [0.1, 0.15) is 0 Å². The molecule has 0 aliphatic carbocycles. The molecule has 2 rings (SSSR count). The topological polar surface area (TPSA) is 64.6 Å². The van der Waals surface area contributed by atoms with Gasteiger partial charge >= 0.3 is 6.03 Å². The molecule has 5 heteroatoms. The lowest BCUT2D eigenvalue weighted by atomic mass is 9.99. The fourth-order valence-electron chi connectivity index (χ4n) is 2.47. The largest absolute Gasteiger partial charge is 0.396 e. The fraction of sp³-hybridized carbons (Fsp3) is 0.533. The molecule has 0 aromatic heterocycles. The summed E-state index contributed by atoms with van der Waals surface area (Å²) in [5, 5.41) is 14.2. The Balaban J connectivity index is 1.86. The number of aryl methyl sites for hydroxylation is 1. The molecule has 0 radical (unpaired) electrons. The first-order valence-corrected chi connectivity index (χ1v) is 7.16.